The number of ether oxygens (including phenoxy) is 1. The topological polar surface area (TPSA) is 70.1 Å². The average Bonchev–Trinajstić information content (AvgIpc) is 2.70. The van der Waals surface area contributed by atoms with Crippen LogP contribution in [0.5, 0.6) is 0 Å². The molecule has 0 atom stereocenters. The van der Waals surface area contributed by atoms with Crippen LogP contribution in [0.4, 0.5) is 10.5 Å². The van der Waals surface area contributed by atoms with Gasteiger partial charge in [0.15, 0.2) is 0 Å². The maximum Gasteiger partial charge on any atom is 0.414 e. The Hall–Kier alpha value is -2.08. The lowest BCUT2D eigenvalue weighted by Crippen LogP contribution is -2.35. The van der Waals surface area contributed by atoms with E-state index in [-0.39, 0.29) is 17.6 Å². The van der Waals surface area contributed by atoms with Crippen LogP contribution in [0.1, 0.15) is 70.2 Å². The molecule has 1 aromatic rings. The highest BCUT2D eigenvalue weighted by molar-refractivity contribution is 5.90. The molecule has 0 spiro atoms. The Bertz CT molecular complexity index is 593. The highest BCUT2D eigenvalue weighted by Gasteiger charge is 2.19. The van der Waals surface area contributed by atoms with Gasteiger partial charge in [-0.3, -0.25) is 4.90 Å². The van der Waals surface area contributed by atoms with Crippen molar-refractivity contribution in [1.82, 2.24) is 4.90 Å². The number of hydrogen-bond donors (Lipinski definition) is 1. The first-order valence-electron chi connectivity index (χ1n) is 10.9. The molecule has 164 valence electrons. The van der Waals surface area contributed by atoms with Crippen molar-refractivity contribution >= 4 is 17.7 Å². The second-order valence-corrected chi connectivity index (χ2v) is 7.87. The average molecular weight is 407 g/mol. The van der Waals surface area contributed by atoms with E-state index in [1.54, 1.807) is 17.0 Å². The van der Waals surface area contributed by atoms with E-state index in [1.807, 2.05) is 13.8 Å². The third-order valence-electron chi connectivity index (χ3n) is 4.69. The van der Waals surface area contributed by atoms with E-state index in [0.29, 0.717) is 18.8 Å². The molecule has 1 N–H and O–H groups in total. The summed E-state index contributed by atoms with van der Waals surface area (Å²) in [6, 6.07) is 6.34. The van der Waals surface area contributed by atoms with Gasteiger partial charge in [-0.25, -0.2) is 9.59 Å². The van der Waals surface area contributed by atoms with Gasteiger partial charge in [-0.15, -0.1) is 0 Å². The summed E-state index contributed by atoms with van der Waals surface area (Å²) in [5.41, 5.74) is 0.854. The number of rotatable bonds is 14. The Morgan fingerprint density at radius 1 is 0.966 bits per heavy atom. The molecule has 0 aliphatic carbocycles. The van der Waals surface area contributed by atoms with Gasteiger partial charge in [-0.05, 0) is 62.5 Å². The molecule has 0 radical (unpaired) electrons. The molecule has 0 saturated heterocycles. The molecule has 0 aromatic heterocycles. The summed E-state index contributed by atoms with van der Waals surface area (Å²) in [6.45, 7) is 12.5. The molecular weight excluding hydrogens is 368 g/mol. The molecule has 29 heavy (non-hydrogen) atoms. The minimum atomic E-state index is -0.981. The van der Waals surface area contributed by atoms with Crippen LogP contribution in [0.15, 0.2) is 24.3 Å². The van der Waals surface area contributed by atoms with Crippen molar-refractivity contribution < 1.29 is 19.4 Å². The number of nitrogens with zero attached hydrogens (tertiary/aromatic N) is 2. The molecule has 0 heterocycles. The number of carbonyl (C=O) groups is 2. The third-order valence-corrected chi connectivity index (χ3v) is 4.69. The number of aromatic carboxylic acids is 1. The fraction of sp³-hybridized carbons (Fsp3) is 0.652. The molecule has 6 heteroatoms. The zero-order valence-electron chi connectivity index (χ0n) is 18.5. The van der Waals surface area contributed by atoms with Crippen LogP contribution in [-0.2, 0) is 4.74 Å². The van der Waals surface area contributed by atoms with Crippen LogP contribution in [0.2, 0.25) is 0 Å². The van der Waals surface area contributed by atoms with Crippen LogP contribution >= 0.6 is 0 Å². The van der Waals surface area contributed by atoms with E-state index < -0.39 is 5.97 Å². The second kappa shape index (κ2) is 14.0. The number of anilines is 1. The van der Waals surface area contributed by atoms with Crippen molar-refractivity contribution in [1.29, 1.82) is 0 Å². The molecule has 0 aliphatic heterocycles. The fourth-order valence-electron chi connectivity index (χ4n) is 3.06. The highest BCUT2D eigenvalue weighted by atomic mass is 16.6. The summed E-state index contributed by atoms with van der Waals surface area (Å²) in [7, 11) is 0. The SMILES string of the molecule is CCCCN(CCCC)CCCOC(=O)N(CC(C)C)c1ccc(C(=O)O)cc1. The number of amides is 1. The summed E-state index contributed by atoms with van der Waals surface area (Å²) in [4.78, 5) is 27.7. The van der Waals surface area contributed by atoms with Gasteiger partial charge >= 0.3 is 12.1 Å². The van der Waals surface area contributed by atoms with E-state index in [2.05, 4.69) is 18.7 Å². The Labute approximate surface area is 175 Å². The molecule has 0 saturated carbocycles. The van der Waals surface area contributed by atoms with Crippen LogP contribution in [-0.4, -0.2) is 54.9 Å². The van der Waals surface area contributed by atoms with Crippen molar-refractivity contribution in [3.63, 3.8) is 0 Å². The number of carboxylic acid groups (broad SMARTS) is 1. The first-order chi connectivity index (χ1) is 13.9. The standard InChI is InChI=1S/C23H38N2O4/c1-5-7-14-24(15-8-6-2)16-9-17-29-23(28)25(18-19(3)4)21-12-10-20(11-13-21)22(26)27/h10-13,19H,5-9,14-18H2,1-4H3,(H,26,27). The molecule has 0 bridgehead atoms. The fourth-order valence-corrected chi connectivity index (χ4v) is 3.06. The normalized spacial score (nSPS) is 11.1. The van der Waals surface area contributed by atoms with Gasteiger partial charge in [0.2, 0.25) is 0 Å². The van der Waals surface area contributed by atoms with E-state index in [9.17, 15) is 9.59 Å². The first kappa shape index (κ1) is 25.0. The van der Waals surface area contributed by atoms with Gasteiger partial charge in [0.1, 0.15) is 0 Å². The quantitative estimate of drug-likeness (QED) is 0.426. The second-order valence-electron chi connectivity index (χ2n) is 7.87. The Morgan fingerprint density at radius 2 is 1.52 bits per heavy atom. The highest BCUT2D eigenvalue weighted by Crippen LogP contribution is 2.18. The summed E-state index contributed by atoms with van der Waals surface area (Å²) in [5, 5.41) is 9.06. The molecule has 0 aliphatic rings. The number of unbranched alkanes of at least 4 members (excludes halogenated alkanes) is 2. The predicted octanol–water partition coefficient (Wildman–Crippen LogP) is 5.28. The molecule has 0 fully saturated rings. The van der Waals surface area contributed by atoms with E-state index in [1.165, 1.54) is 37.8 Å². The van der Waals surface area contributed by atoms with Crippen LogP contribution in [0, 0.1) is 5.92 Å². The minimum Gasteiger partial charge on any atom is -0.478 e. The van der Waals surface area contributed by atoms with E-state index >= 15 is 0 Å². The van der Waals surface area contributed by atoms with Gasteiger partial charge < -0.3 is 14.7 Å². The number of carboxylic acids is 1. The van der Waals surface area contributed by atoms with Crippen molar-refractivity contribution in [2.45, 2.75) is 59.8 Å². The van der Waals surface area contributed by atoms with Gasteiger partial charge in [-0.2, -0.15) is 0 Å². The van der Waals surface area contributed by atoms with Gasteiger partial charge in [0, 0.05) is 18.8 Å². The largest absolute Gasteiger partial charge is 0.478 e. The van der Waals surface area contributed by atoms with E-state index in [0.717, 1.165) is 26.1 Å². The summed E-state index contributed by atoms with van der Waals surface area (Å²) < 4.78 is 5.54. The van der Waals surface area contributed by atoms with Gasteiger partial charge in [-0.1, -0.05) is 40.5 Å². The zero-order valence-corrected chi connectivity index (χ0v) is 18.5. The van der Waals surface area contributed by atoms with Gasteiger partial charge in [0.25, 0.3) is 0 Å². The summed E-state index contributed by atoms with van der Waals surface area (Å²) in [5.74, 6) is -0.717. The molecular formula is C23H38N2O4. The Balaban J connectivity index is 2.60. The molecule has 6 nitrogen and oxygen atoms in total. The Kier molecular flexibility index (Phi) is 12.0. The number of carbonyl (C=O) groups excluding carboxylic acids is 1. The molecule has 1 rings (SSSR count). The first-order valence-corrected chi connectivity index (χ1v) is 10.9. The summed E-state index contributed by atoms with van der Waals surface area (Å²) >= 11 is 0. The minimum absolute atomic E-state index is 0.200. The maximum absolute atomic E-state index is 12.7. The third kappa shape index (κ3) is 9.79. The smallest absolute Gasteiger partial charge is 0.414 e. The lowest BCUT2D eigenvalue weighted by molar-refractivity contribution is 0.0697. The lowest BCUT2D eigenvalue weighted by Gasteiger charge is -2.25. The number of hydrogen-bond acceptors (Lipinski definition) is 4. The number of benzene rings is 1. The van der Waals surface area contributed by atoms with Crippen molar-refractivity contribution in [3.05, 3.63) is 29.8 Å². The molecule has 1 aromatic carbocycles. The molecule has 1 amide bonds. The maximum atomic E-state index is 12.7. The monoisotopic (exact) mass is 406 g/mol. The van der Waals surface area contributed by atoms with E-state index in [4.69, 9.17) is 9.84 Å². The lowest BCUT2D eigenvalue weighted by atomic mass is 10.1. The van der Waals surface area contributed by atoms with Gasteiger partial charge in [0.05, 0.1) is 12.2 Å². The van der Waals surface area contributed by atoms with Crippen molar-refractivity contribution in [2.75, 3.05) is 37.7 Å². The van der Waals surface area contributed by atoms with Crippen LogP contribution in [0.25, 0.3) is 0 Å². The van der Waals surface area contributed by atoms with Crippen molar-refractivity contribution in [3.8, 4) is 0 Å². The summed E-state index contributed by atoms with van der Waals surface area (Å²) in [6.07, 6.45) is 5.18. The predicted molar refractivity (Wildman–Crippen MR) is 118 cm³/mol. The van der Waals surface area contributed by atoms with Crippen LogP contribution in [0.3, 0.4) is 0 Å². The molecule has 0 unspecified atom stereocenters. The van der Waals surface area contributed by atoms with Crippen molar-refractivity contribution in [2.24, 2.45) is 5.92 Å². The zero-order chi connectivity index (χ0) is 21.6. The van der Waals surface area contributed by atoms with Crippen LogP contribution < -0.4 is 4.90 Å². The Morgan fingerprint density at radius 3 is 2.00 bits per heavy atom.